The lowest BCUT2D eigenvalue weighted by Gasteiger charge is -2.43. The molecule has 1 atom stereocenters. The maximum absolute atomic E-state index is 12.2. The maximum atomic E-state index is 12.2. The first kappa shape index (κ1) is 16.1. The molecular weight excluding hydrogens is 311 g/mol. The zero-order valence-electron chi connectivity index (χ0n) is 11.6. The number of aliphatic hydroxyl groups excluding tert-OH is 1. The van der Waals surface area contributed by atoms with Gasteiger partial charge >= 0.3 is 0 Å². The van der Waals surface area contributed by atoms with Gasteiger partial charge < -0.3 is 10.0 Å². The van der Waals surface area contributed by atoms with E-state index in [1.165, 1.54) is 4.90 Å². The van der Waals surface area contributed by atoms with Gasteiger partial charge in [-0.3, -0.25) is 4.79 Å². The van der Waals surface area contributed by atoms with Crippen molar-refractivity contribution < 1.29 is 9.90 Å². The quantitative estimate of drug-likeness (QED) is 0.923. The Hall–Kier alpha value is -1.28. The summed E-state index contributed by atoms with van der Waals surface area (Å²) >= 11 is 11.8. The minimum absolute atomic E-state index is 0.101. The van der Waals surface area contributed by atoms with Gasteiger partial charge in [-0.25, -0.2) is 0 Å². The van der Waals surface area contributed by atoms with Crippen molar-refractivity contribution in [3.8, 4) is 6.07 Å². The molecule has 0 spiro atoms. The fourth-order valence-electron chi connectivity index (χ4n) is 2.46. The number of halogens is 2. The van der Waals surface area contributed by atoms with E-state index >= 15 is 0 Å². The second kappa shape index (κ2) is 6.23. The number of hydrogen-bond acceptors (Lipinski definition) is 3. The van der Waals surface area contributed by atoms with Gasteiger partial charge in [0.2, 0.25) is 5.91 Å². The van der Waals surface area contributed by atoms with Gasteiger partial charge in [0.1, 0.15) is 5.54 Å². The van der Waals surface area contributed by atoms with Crippen molar-refractivity contribution in [3.63, 3.8) is 0 Å². The summed E-state index contributed by atoms with van der Waals surface area (Å²) in [5.41, 5.74) is -0.211. The number of nitrogens with zero attached hydrogens (tertiary/aromatic N) is 2. The van der Waals surface area contributed by atoms with Gasteiger partial charge in [0.15, 0.2) is 0 Å². The molecule has 0 radical (unpaired) electrons. The van der Waals surface area contributed by atoms with Crippen LogP contribution in [0.5, 0.6) is 0 Å². The van der Waals surface area contributed by atoms with Crippen molar-refractivity contribution in [2.45, 2.75) is 37.3 Å². The standard InChI is InChI=1S/C15H16Cl2N2O2/c1-19(15(9-18)3-2-4-15)14(21)8-13(20)10-5-11(16)7-12(17)6-10/h5-7,13,20H,2-4,8H2,1H3. The molecule has 1 aliphatic carbocycles. The molecule has 1 N–H and O–H groups in total. The molecule has 1 saturated carbocycles. The van der Waals surface area contributed by atoms with Gasteiger partial charge in [0, 0.05) is 17.1 Å². The molecule has 2 rings (SSSR count). The number of carbonyl (C=O) groups is 1. The Morgan fingerprint density at radius 3 is 2.43 bits per heavy atom. The normalized spacial score (nSPS) is 17.5. The number of amides is 1. The minimum Gasteiger partial charge on any atom is -0.388 e. The largest absolute Gasteiger partial charge is 0.388 e. The van der Waals surface area contributed by atoms with E-state index in [0.717, 1.165) is 6.42 Å². The summed E-state index contributed by atoms with van der Waals surface area (Å²) in [5, 5.41) is 20.2. The fraction of sp³-hybridized carbons (Fsp3) is 0.467. The van der Waals surface area contributed by atoms with Crippen molar-refractivity contribution in [1.29, 1.82) is 5.26 Å². The molecule has 4 nitrogen and oxygen atoms in total. The van der Waals surface area contributed by atoms with Crippen molar-refractivity contribution in [2.24, 2.45) is 0 Å². The lowest BCUT2D eigenvalue weighted by Crippen LogP contribution is -2.53. The second-order valence-electron chi connectivity index (χ2n) is 5.37. The van der Waals surface area contributed by atoms with Crippen LogP contribution in [0.25, 0.3) is 0 Å². The Morgan fingerprint density at radius 2 is 2.00 bits per heavy atom. The number of aliphatic hydroxyl groups is 1. The molecule has 0 aromatic heterocycles. The first-order valence-corrected chi connectivity index (χ1v) is 7.45. The van der Waals surface area contributed by atoms with Crippen LogP contribution in [0.2, 0.25) is 10.0 Å². The van der Waals surface area contributed by atoms with Gasteiger partial charge in [-0.15, -0.1) is 0 Å². The number of carbonyl (C=O) groups excluding carboxylic acids is 1. The molecular formula is C15H16Cl2N2O2. The SMILES string of the molecule is CN(C(=O)CC(O)c1cc(Cl)cc(Cl)c1)C1(C#N)CCC1. The third-order valence-electron chi connectivity index (χ3n) is 4.04. The maximum Gasteiger partial charge on any atom is 0.226 e. The van der Waals surface area contributed by atoms with E-state index in [2.05, 4.69) is 6.07 Å². The second-order valence-corrected chi connectivity index (χ2v) is 6.25. The third-order valence-corrected chi connectivity index (χ3v) is 4.48. The van der Waals surface area contributed by atoms with Gasteiger partial charge in [0.25, 0.3) is 0 Å². The monoisotopic (exact) mass is 326 g/mol. The van der Waals surface area contributed by atoms with Crippen molar-refractivity contribution in [3.05, 3.63) is 33.8 Å². The zero-order valence-corrected chi connectivity index (χ0v) is 13.2. The lowest BCUT2D eigenvalue weighted by atomic mass is 9.76. The van der Waals surface area contributed by atoms with E-state index in [9.17, 15) is 15.2 Å². The Bertz CT molecular complexity index is 574. The zero-order chi connectivity index (χ0) is 15.6. The van der Waals surface area contributed by atoms with Crippen LogP contribution in [0.15, 0.2) is 18.2 Å². The van der Waals surface area contributed by atoms with Crippen LogP contribution in [-0.4, -0.2) is 28.5 Å². The number of rotatable bonds is 4. The van der Waals surface area contributed by atoms with Crippen LogP contribution < -0.4 is 0 Å². The summed E-state index contributed by atoms with van der Waals surface area (Å²) in [6.45, 7) is 0. The van der Waals surface area contributed by atoms with Crippen molar-refractivity contribution in [2.75, 3.05) is 7.05 Å². The Morgan fingerprint density at radius 1 is 1.43 bits per heavy atom. The van der Waals surface area contributed by atoms with Crippen LogP contribution in [0, 0.1) is 11.3 Å². The van der Waals surface area contributed by atoms with Crippen LogP contribution in [-0.2, 0) is 4.79 Å². The molecule has 0 aliphatic heterocycles. The summed E-state index contributed by atoms with van der Waals surface area (Å²) in [6.07, 6.45) is 1.22. The molecule has 0 bridgehead atoms. The van der Waals surface area contributed by atoms with Crippen LogP contribution in [0.4, 0.5) is 0 Å². The fourth-order valence-corrected chi connectivity index (χ4v) is 3.00. The van der Waals surface area contributed by atoms with E-state index in [0.29, 0.717) is 28.5 Å². The first-order chi connectivity index (χ1) is 9.88. The summed E-state index contributed by atoms with van der Waals surface area (Å²) in [5.74, 6) is -0.264. The Labute approximate surface area is 133 Å². The molecule has 21 heavy (non-hydrogen) atoms. The van der Waals surface area contributed by atoms with E-state index in [4.69, 9.17) is 23.2 Å². The van der Waals surface area contributed by atoms with E-state index < -0.39 is 11.6 Å². The molecule has 1 aromatic rings. The van der Waals surface area contributed by atoms with E-state index in [-0.39, 0.29) is 12.3 Å². The van der Waals surface area contributed by atoms with Crippen molar-refractivity contribution >= 4 is 29.1 Å². The molecule has 112 valence electrons. The van der Waals surface area contributed by atoms with Gasteiger partial charge in [-0.2, -0.15) is 5.26 Å². The smallest absolute Gasteiger partial charge is 0.226 e. The molecule has 1 fully saturated rings. The highest BCUT2D eigenvalue weighted by atomic mass is 35.5. The Kier molecular flexibility index (Phi) is 4.77. The predicted molar refractivity (Wildman–Crippen MR) is 81.0 cm³/mol. The number of nitriles is 1. The first-order valence-electron chi connectivity index (χ1n) is 6.70. The average molecular weight is 327 g/mol. The van der Waals surface area contributed by atoms with Crippen LogP contribution in [0.3, 0.4) is 0 Å². The predicted octanol–water partition coefficient (Wildman–Crippen LogP) is 3.32. The van der Waals surface area contributed by atoms with Gasteiger partial charge in [-0.1, -0.05) is 23.2 Å². The molecule has 0 heterocycles. The topological polar surface area (TPSA) is 64.3 Å². The van der Waals surface area contributed by atoms with Crippen molar-refractivity contribution in [1.82, 2.24) is 4.90 Å². The van der Waals surface area contributed by atoms with Gasteiger partial charge in [0.05, 0.1) is 18.6 Å². The molecule has 1 unspecified atom stereocenters. The summed E-state index contributed by atoms with van der Waals surface area (Å²) in [6, 6.07) is 6.93. The summed E-state index contributed by atoms with van der Waals surface area (Å²) in [7, 11) is 1.61. The number of benzene rings is 1. The van der Waals surface area contributed by atoms with E-state index in [1.54, 1.807) is 25.2 Å². The molecule has 1 aromatic carbocycles. The van der Waals surface area contributed by atoms with E-state index in [1.807, 2.05) is 0 Å². The molecule has 1 amide bonds. The highest BCUT2D eigenvalue weighted by Crippen LogP contribution is 2.37. The highest BCUT2D eigenvalue weighted by Gasteiger charge is 2.43. The third kappa shape index (κ3) is 3.32. The average Bonchev–Trinajstić information content (AvgIpc) is 2.36. The Balaban J connectivity index is 2.07. The highest BCUT2D eigenvalue weighted by molar-refractivity contribution is 6.34. The molecule has 1 aliphatic rings. The molecule has 0 saturated heterocycles. The minimum atomic E-state index is -0.994. The number of hydrogen-bond donors (Lipinski definition) is 1. The van der Waals surface area contributed by atoms with Gasteiger partial charge in [-0.05, 0) is 43.0 Å². The molecule has 6 heteroatoms. The van der Waals surface area contributed by atoms with Crippen LogP contribution >= 0.6 is 23.2 Å². The summed E-state index contributed by atoms with van der Waals surface area (Å²) in [4.78, 5) is 13.7. The lowest BCUT2D eigenvalue weighted by molar-refractivity contribution is -0.138. The van der Waals surface area contributed by atoms with Crippen LogP contribution in [0.1, 0.15) is 37.4 Å². The summed E-state index contributed by atoms with van der Waals surface area (Å²) < 4.78 is 0.